The number of hydrogen-bond acceptors (Lipinski definition) is 3. The molecule has 84 valence electrons. The Labute approximate surface area is 90.9 Å². The van der Waals surface area contributed by atoms with E-state index in [0.29, 0.717) is 6.54 Å². The van der Waals surface area contributed by atoms with E-state index in [1.807, 2.05) is 11.6 Å². The normalized spacial score (nSPS) is 21.2. The summed E-state index contributed by atoms with van der Waals surface area (Å²) in [5.74, 6) is 1.08. The van der Waals surface area contributed by atoms with Crippen LogP contribution in [-0.4, -0.2) is 21.3 Å². The van der Waals surface area contributed by atoms with Gasteiger partial charge in [-0.2, -0.15) is 0 Å². The van der Waals surface area contributed by atoms with Crippen molar-refractivity contribution in [2.75, 3.05) is 6.54 Å². The molecule has 0 unspecified atom stereocenters. The number of hydrogen-bond donors (Lipinski definition) is 1. The van der Waals surface area contributed by atoms with Gasteiger partial charge in [0.05, 0.1) is 0 Å². The Morgan fingerprint density at radius 2 is 2.00 bits per heavy atom. The van der Waals surface area contributed by atoms with Gasteiger partial charge in [0, 0.05) is 19.0 Å². The second-order valence-electron chi connectivity index (χ2n) is 4.66. The summed E-state index contributed by atoms with van der Waals surface area (Å²) in [6.45, 7) is 0.694. The van der Waals surface area contributed by atoms with Crippen LogP contribution < -0.4 is 5.73 Å². The highest BCUT2D eigenvalue weighted by Crippen LogP contribution is 2.35. The van der Waals surface area contributed by atoms with Gasteiger partial charge in [-0.25, -0.2) is 0 Å². The van der Waals surface area contributed by atoms with Gasteiger partial charge in [0.1, 0.15) is 12.2 Å². The van der Waals surface area contributed by atoms with Gasteiger partial charge < -0.3 is 10.3 Å². The van der Waals surface area contributed by atoms with Crippen LogP contribution >= 0.6 is 0 Å². The van der Waals surface area contributed by atoms with E-state index in [0.717, 1.165) is 18.7 Å². The monoisotopic (exact) mass is 208 g/mol. The third-order valence-electron chi connectivity index (χ3n) is 3.64. The fourth-order valence-corrected chi connectivity index (χ4v) is 2.69. The van der Waals surface area contributed by atoms with Crippen molar-refractivity contribution in [3.63, 3.8) is 0 Å². The molecule has 0 radical (unpaired) electrons. The second-order valence-corrected chi connectivity index (χ2v) is 4.66. The number of aromatic nitrogens is 3. The van der Waals surface area contributed by atoms with Crippen LogP contribution in [-0.2, 0) is 12.5 Å². The third-order valence-corrected chi connectivity index (χ3v) is 3.64. The first-order valence-electron chi connectivity index (χ1n) is 5.83. The lowest BCUT2D eigenvalue weighted by Gasteiger charge is -2.29. The Hall–Kier alpha value is -0.900. The molecular formula is C11H20N4. The zero-order valence-corrected chi connectivity index (χ0v) is 9.45. The summed E-state index contributed by atoms with van der Waals surface area (Å²) < 4.78 is 2.03. The summed E-state index contributed by atoms with van der Waals surface area (Å²) in [6.07, 6.45) is 9.30. The lowest BCUT2D eigenvalue weighted by molar-refractivity contribution is 0.349. The number of nitrogens with two attached hydrogens (primary N) is 1. The first-order chi connectivity index (χ1) is 7.28. The van der Waals surface area contributed by atoms with E-state index in [1.54, 1.807) is 6.33 Å². The number of nitrogens with zero attached hydrogens (tertiary/aromatic N) is 3. The summed E-state index contributed by atoms with van der Waals surface area (Å²) in [6, 6.07) is 0. The molecule has 0 amide bonds. The van der Waals surface area contributed by atoms with Gasteiger partial charge in [0.2, 0.25) is 0 Å². The van der Waals surface area contributed by atoms with Crippen molar-refractivity contribution < 1.29 is 0 Å². The first kappa shape index (κ1) is 10.6. The van der Waals surface area contributed by atoms with Crippen LogP contribution in [0.15, 0.2) is 6.33 Å². The Bertz CT molecular complexity index is 310. The highest BCUT2D eigenvalue weighted by Gasteiger charge is 2.35. The fourth-order valence-electron chi connectivity index (χ4n) is 2.69. The molecule has 1 heterocycles. The average Bonchev–Trinajstić information content (AvgIpc) is 2.56. The molecule has 1 aliphatic rings. The van der Waals surface area contributed by atoms with Crippen molar-refractivity contribution in [1.82, 2.24) is 14.8 Å². The van der Waals surface area contributed by atoms with Gasteiger partial charge in [0.15, 0.2) is 0 Å². The average molecular weight is 208 g/mol. The lowest BCUT2D eigenvalue weighted by Crippen LogP contribution is -2.37. The predicted octanol–water partition coefficient (Wildman–Crippen LogP) is 1.37. The molecule has 0 aliphatic heterocycles. The largest absolute Gasteiger partial charge is 0.329 e. The highest BCUT2D eigenvalue weighted by atomic mass is 15.3. The van der Waals surface area contributed by atoms with E-state index in [9.17, 15) is 0 Å². The molecule has 0 aromatic carbocycles. The SMILES string of the molecule is Cn1cnnc1C1(CN)CCCCCC1. The van der Waals surface area contributed by atoms with Crippen molar-refractivity contribution in [3.8, 4) is 0 Å². The van der Waals surface area contributed by atoms with Crippen LogP contribution in [0.1, 0.15) is 44.3 Å². The van der Waals surface area contributed by atoms with Crippen LogP contribution in [0.2, 0.25) is 0 Å². The van der Waals surface area contributed by atoms with Crippen molar-refractivity contribution >= 4 is 0 Å². The van der Waals surface area contributed by atoms with Gasteiger partial charge in [-0.05, 0) is 12.8 Å². The minimum atomic E-state index is 0.0851. The molecule has 0 saturated heterocycles. The minimum absolute atomic E-state index is 0.0851. The second kappa shape index (κ2) is 4.31. The topological polar surface area (TPSA) is 56.7 Å². The maximum Gasteiger partial charge on any atom is 0.140 e. The van der Waals surface area contributed by atoms with Gasteiger partial charge in [0.25, 0.3) is 0 Å². The predicted molar refractivity (Wildman–Crippen MR) is 59.4 cm³/mol. The minimum Gasteiger partial charge on any atom is -0.329 e. The molecule has 4 heteroatoms. The van der Waals surface area contributed by atoms with Crippen LogP contribution in [0.4, 0.5) is 0 Å². The van der Waals surface area contributed by atoms with Gasteiger partial charge in [-0.1, -0.05) is 25.7 Å². The molecule has 4 nitrogen and oxygen atoms in total. The fraction of sp³-hybridized carbons (Fsp3) is 0.818. The molecule has 0 atom stereocenters. The summed E-state index contributed by atoms with van der Waals surface area (Å²) >= 11 is 0. The number of aryl methyl sites for hydroxylation is 1. The molecule has 2 N–H and O–H groups in total. The zero-order valence-electron chi connectivity index (χ0n) is 9.45. The zero-order chi connectivity index (χ0) is 10.7. The summed E-state index contributed by atoms with van der Waals surface area (Å²) in [5.41, 5.74) is 6.07. The Balaban J connectivity index is 2.30. The standard InChI is InChI=1S/C11H20N4/c1-15-9-13-14-10(15)11(8-12)6-4-2-3-5-7-11/h9H,2-8,12H2,1H3. The summed E-state index contributed by atoms with van der Waals surface area (Å²) in [5, 5.41) is 8.23. The highest BCUT2D eigenvalue weighted by molar-refractivity contribution is 5.09. The van der Waals surface area contributed by atoms with E-state index in [-0.39, 0.29) is 5.41 Å². The van der Waals surface area contributed by atoms with E-state index in [2.05, 4.69) is 10.2 Å². The molecular weight excluding hydrogens is 188 g/mol. The maximum absolute atomic E-state index is 5.99. The summed E-state index contributed by atoms with van der Waals surface area (Å²) in [4.78, 5) is 0. The van der Waals surface area contributed by atoms with Gasteiger partial charge >= 0.3 is 0 Å². The molecule has 15 heavy (non-hydrogen) atoms. The van der Waals surface area contributed by atoms with E-state index in [4.69, 9.17) is 5.73 Å². The summed E-state index contributed by atoms with van der Waals surface area (Å²) in [7, 11) is 2.01. The molecule has 2 rings (SSSR count). The Morgan fingerprint density at radius 3 is 2.47 bits per heavy atom. The van der Waals surface area contributed by atoms with Gasteiger partial charge in [-0.15, -0.1) is 10.2 Å². The third kappa shape index (κ3) is 1.91. The van der Waals surface area contributed by atoms with E-state index >= 15 is 0 Å². The van der Waals surface area contributed by atoms with Gasteiger partial charge in [-0.3, -0.25) is 0 Å². The van der Waals surface area contributed by atoms with Crippen molar-refractivity contribution in [2.45, 2.75) is 43.9 Å². The van der Waals surface area contributed by atoms with Crippen molar-refractivity contribution in [2.24, 2.45) is 12.8 Å². The lowest BCUT2D eigenvalue weighted by atomic mass is 9.79. The Kier molecular flexibility index (Phi) is 3.05. The van der Waals surface area contributed by atoms with Crippen molar-refractivity contribution in [1.29, 1.82) is 0 Å². The number of rotatable bonds is 2. The molecule has 1 aromatic heterocycles. The molecule has 0 spiro atoms. The Morgan fingerprint density at radius 1 is 1.33 bits per heavy atom. The molecule has 1 aromatic rings. The van der Waals surface area contributed by atoms with Crippen LogP contribution in [0.25, 0.3) is 0 Å². The van der Waals surface area contributed by atoms with Crippen LogP contribution in [0.5, 0.6) is 0 Å². The van der Waals surface area contributed by atoms with Crippen LogP contribution in [0.3, 0.4) is 0 Å². The molecule has 0 bridgehead atoms. The van der Waals surface area contributed by atoms with E-state index < -0.39 is 0 Å². The quantitative estimate of drug-likeness (QED) is 0.747. The molecule has 1 aliphatic carbocycles. The first-order valence-corrected chi connectivity index (χ1v) is 5.83. The molecule has 1 saturated carbocycles. The smallest absolute Gasteiger partial charge is 0.140 e. The maximum atomic E-state index is 5.99. The van der Waals surface area contributed by atoms with Crippen LogP contribution in [0, 0.1) is 0 Å². The van der Waals surface area contributed by atoms with E-state index in [1.165, 1.54) is 25.7 Å². The molecule has 1 fully saturated rings. The van der Waals surface area contributed by atoms with Crippen molar-refractivity contribution in [3.05, 3.63) is 12.2 Å².